The lowest BCUT2D eigenvalue weighted by atomic mass is 9.97. The van der Waals surface area contributed by atoms with E-state index >= 15 is 0 Å². The van der Waals surface area contributed by atoms with Crippen molar-refractivity contribution < 1.29 is 9.18 Å². The van der Waals surface area contributed by atoms with Gasteiger partial charge in [0.1, 0.15) is 11.6 Å². The van der Waals surface area contributed by atoms with E-state index in [1.165, 1.54) is 35.0 Å². The number of benzene rings is 2. The molecule has 1 aliphatic rings. The highest BCUT2D eigenvalue weighted by Crippen LogP contribution is 2.24. The average molecular weight is 485 g/mol. The van der Waals surface area contributed by atoms with E-state index in [9.17, 15) is 14.0 Å². The highest BCUT2D eigenvalue weighted by Gasteiger charge is 2.27. The zero-order valence-electron chi connectivity index (χ0n) is 17.0. The number of aryl methyl sites for hydroxylation is 1. The van der Waals surface area contributed by atoms with Crippen LogP contribution >= 0.6 is 15.9 Å². The van der Waals surface area contributed by atoms with Crippen molar-refractivity contribution in [2.75, 3.05) is 23.3 Å². The average Bonchev–Trinajstić information content (AvgIpc) is 2.77. The van der Waals surface area contributed by atoms with Crippen LogP contribution in [0.3, 0.4) is 0 Å². The Morgan fingerprint density at radius 1 is 1.16 bits per heavy atom. The second-order valence-electron chi connectivity index (χ2n) is 7.66. The summed E-state index contributed by atoms with van der Waals surface area (Å²) in [5.74, 6) is 0.0173. The van der Waals surface area contributed by atoms with Crippen LogP contribution < -0.4 is 15.8 Å². The normalized spacial score (nSPS) is 16.2. The Labute approximate surface area is 187 Å². The molecule has 1 amide bonds. The molecule has 0 bridgehead atoms. The van der Waals surface area contributed by atoms with E-state index in [2.05, 4.69) is 26.3 Å². The fraction of sp³-hybridized carbons (Fsp3) is 0.261. The highest BCUT2D eigenvalue weighted by molar-refractivity contribution is 9.10. The Hall–Kier alpha value is -3.00. The Morgan fingerprint density at radius 2 is 1.94 bits per heavy atom. The first-order valence-corrected chi connectivity index (χ1v) is 10.9. The Morgan fingerprint density at radius 3 is 2.68 bits per heavy atom. The van der Waals surface area contributed by atoms with E-state index in [-0.39, 0.29) is 23.2 Å². The van der Waals surface area contributed by atoms with Gasteiger partial charge in [-0.15, -0.1) is 5.10 Å². The summed E-state index contributed by atoms with van der Waals surface area (Å²) >= 11 is 3.47. The maximum absolute atomic E-state index is 13.2. The number of anilines is 2. The van der Waals surface area contributed by atoms with Crippen LogP contribution in [0.2, 0.25) is 0 Å². The monoisotopic (exact) mass is 484 g/mol. The van der Waals surface area contributed by atoms with Crippen molar-refractivity contribution in [2.45, 2.75) is 19.8 Å². The molecule has 0 unspecified atom stereocenters. The molecule has 8 heteroatoms. The third kappa shape index (κ3) is 4.85. The summed E-state index contributed by atoms with van der Waals surface area (Å²) in [5.41, 5.74) is 2.01. The number of halogens is 2. The third-order valence-corrected chi connectivity index (χ3v) is 6.29. The number of piperidine rings is 1. The molecule has 1 aromatic heterocycles. The summed E-state index contributed by atoms with van der Waals surface area (Å²) in [5, 5.41) is 7.47. The van der Waals surface area contributed by atoms with Crippen LogP contribution in [0.4, 0.5) is 15.9 Å². The number of nitrogens with zero attached hydrogens (tertiary/aromatic N) is 3. The molecule has 1 aliphatic heterocycles. The SMILES string of the molecule is Cc1cc(NC(=O)[C@@H]2CCCN(c3ccc(=O)n(-c4ccc(F)cc4)n3)C2)ccc1Br. The standard InChI is InChI=1S/C23H22BrFN4O2/c1-15-13-18(6-9-20(15)24)26-23(31)16-3-2-12-28(14-16)21-10-11-22(30)29(27-21)19-7-4-17(25)5-8-19/h4-11,13,16H,2-3,12,14H2,1H3,(H,26,31)/t16-/m1/s1. The van der Waals surface area contributed by atoms with Crippen LogP contribution in [0.25, 0.3) is 5.69 Å². The summed E-state index contributed by atoms with van der Waals surface area (Å²) in [6.07, 6.45) is 1.63. The first kappa shape index (κ1) is 21.2. The van der Waals surface area contributed by atoms with Crippen LogP contribution in [0.5, 0.6) is 0 Å². The number of carbonyl (C=O) groups excluding carboxylic acids is 1. The maximum Gasteiger partial charge on any atom is 0.271 e. The maximum atomic E-state index is 13.2. The van der Waals surface area contributed by atoms with Gasteiger partial charge in [-0.2, -0.15) is 4.68 Å². The lowest BCUT2D eigenvalue weighted by Crippen LogP contribution is -2.41. The first-order chi connectivity index (χ1) is 14.9. The molecule has 2 heterocycles. The fourth-order valence-electron chi connectivity index (χ4n) is 3.70. The van der Waals surface area contributed by atoms with Gasteiger partial charge >= 0.3 is 0 Å². The molecular formula is C23H22BrFN4O2. The second kappa shape index (κ2) is 9.01. The topological polar surface area (TPSA) is 67.2 Å². The molecule has 1 N–H and O–H groups in total. The summed E-state index contributed by atoms with van der Waals surface area (Å²) in [6, 6.07) is 14.4. The molecule has 6 nitrogen and oxygen atoms in total. The quantitative estimate of drug-likeness (QED) is 0.599. The Balaban J connectivity index is 1.51. The number of nitrogens with one attached hydrogen (secondary N) is 1. The van der Waals surface area contributed by atoms with Crippen molar-refractivity contribution in [3.8, 4) is 5.69 Å². The number of carbonyl (C=O) groups is 1. The molecule has 0 radical (unpaired) electrons. The van der Waals surface area contributed by atoms with Gasteiger partial charge in [0.2, 0.25) is 5.91 Å². The van der Waals surface area contributed by atoms with Crippen molar-refractivity contribution in [1.29, 1.82) is 0 Å². The van der Waals surface area contributed by atoms with Crippen molar-refractivity contribution in [2.24, 2.45) is 5.92 Å². The van der Waals surface area contributed by atoms with Gasteiger partial charge < -0.3 is 10.2 Å². The molecule has 1 fully saturated rings. The van der Waals surface area contributed by atoms with Crippen molar-refractivity contribution in [3.63, 3.8) is 0 Å². The van der Waals surface area contributed by atoms with Crippen molar-refractivity contribution in [3.05, 3.63) is 80.8 Å². The lowest BCUT2D eigenvalue weighted by molar-refractivity contribution is -0.120. The summed E-state index contributed by atoms with van der Waals surface area (Å²) in [6.45, 7) is 3.23. The summed E-state index contributed by atoms with van der Waals surface area (Å²) in [7, 11) is 0. The molecule has 160 valence electrons. The van der Waals surface area contributed by atoms with E-state index in [1.807, 2.05) is 30.0 Å². The number of hydrogen-bond donors (Lipinski definition) is 1. The number of rotatable bonds is 4. The van der Waals surface area contributed by atoms with Crippen molar-refractivity contribution in [1.82, 2.24) is 9.78 Å². The van der Waals surface area contributed by atoms with E-state index in [4.69, 9.17) is 0 Å². The van der Waals surface area contributed by atoms with Gasteiger partial charge in [0.15, 0.2) is 0 Å². The lowest BCUT2D eigenvalue weighted by Gasteiger charge is -2.33. The van der Waals surface area contributed by atoms with Gasteiger partial charge in [0.25, 0.3) is 5.56 Å². The highest BCUT2D eigenvalue weighted by atomic mass is 79.9. The van der Waals surface area contributed by atoms with Crippen molar-refractivity contribution >= 4 is 33.3 Å². The molecule has 0 spiro atoms. The third-order valence-electron chi connectivity index (χ3n) is 5.40. The van der Waals surface area contributed by atoms with Gasteiger partial charge in [-0.05, 0) is 73.9 Å². The van der Waals surface area contributed by atoms with Gasteiger partial charge in [0, 0.05) is 29.3 Å². The van der Waals surface area contributed by atoms with E-state index < -0.39 is 0 Å². The minimum atomic E-state index is -0.376. The van der Waals surface area contributed by atoms with E-state index in [0.29, 0.717) is 18.1 Å². The van der Waals surface area contributed by atoms with Gasteiger partial charge in [-0.3, -0.25) is 9.59 Å². The van der Waals surface area contributed by atoms with Crippen LogP contribution in [0, 0.1) is 18.7 Å². The van der Waals surface area contributed by atoms with E-state index in [1.54, 1.807) is 6.07 Å². The molecule has 0 saturated carbocycles. The molecule has 2 aromatic carbocycles. The molecule has 4 rings (SSSR count). The largest absolute Gasteiger partial charge is 0.354 e. The van der Waals surface area contributed by atoms with Gasteiger partial charge in [0.05, 0.1) is 11.6 Å². The Bertz CT molecular complexity index is 1160. The Kier molecular flexibility index (Phi) is 6.18. The molecular weight excluding hydrogens is 463 g/mol. The second-order valence-corrected chi connectivity index (χ2v) is 8.51. The van der Waals surface area contributed by atoms with E-state index in [0.717, 1.165) is 35.1 Å². The van der Waals surface area contributed by atoms with Gasteiger partial charge in [-0.25, -0.2) is 4.39 Å². The molecule has 31 heavy (non-hydrogen) atoms. The van der Waals surface area contributed by atoms with Crippen LogP contribution in [-0.2, 0) is 4.79 Å². The zero-order valence-corrected chi connectivity index (χ0v) is 18.6. The predicted molar refractivity (Wildman–Crippen MR) is 122 cm³/mol. The van der Waals surface area contributed by atoms with Crippen LogP contribution in [-0.4, -0.2) is 28.8 Å². The molecule has 1 atom stereocenters. The van der Waals surface area contributed by atoms with Gasteiger partial charge in [-0.1, -0.05) is 15.9 Å². The smallest absolute Gasteiger partial charge is 0.271 e. The fourth-order valence-corrected chi connectivity index (χ4v) is 3.95. The minimum Gasteiger partial charge on any atom is -0.354 e. The summed E-state index contributed by atoms with van der Waals surface area (Å²) < 4.78 is 15.5. The number of amides is 1. The number of aromatic nitrogens is 2. The minimum absolute atomic E-state index is 0.0294. The number of hydrogen-bond acceptors (Lipinski definition) is 4. The first-order valence-electron chi connectivity index (χ1n) is 10.1. The predicted octanol–water partition coefficient (Wildman–Crippen LogP) is 4.30. The molecule has 0 aliphatic carbocycles. The summed E-state index contributed by atoms with van der Waals surface area (Å²) in [4.78, 5) is 27.2. The van der Waals surface area contributed by atoms with Crippen LogP contribution in [0.15, 0.2) is 63.9 Å². The molecule has 1 saturated heterocycles. The zero-order chi connectivity index (χ0) is 22.0. The molecule has 3 aromatic rings. The van der Waals surface area contributed by atoms with Crippen LogP contribution in [0.1, 0.15) is 18.4 Å².